The number of carbonyl (C=O) groups excluding carboxylic acids is 2. The topological polar surface area (TPSA) is 61.2 Å². The Morgan fingerprint density at radius 2 is 1.59 bits per heavy atom. The Morgan fingerprint density at radius 1 is 0.938 bits per heavy atom. The summed E-state index contributed by atoms with van der Waals surface area (Å²) >= 11 is 7.28. The lowest BCUT2D eigenvalue weighted by atomic mass is 10.1. The van der Waals surface area contributed by atoms with E-state index in [9.17, 15) is 9.59 Å². The monoisotopic (exact) mass is 462 g/mol. The highest BCUT2D eigenvalue weighted by molar-refractivity contribution is 7.99. The molecule has 0 saturated heterocycles. The minimum absolute atomic E-state index is 0.0106. The number of Topliss-reactive ketones (excluding diaryl/α,β-unsaturated/α-hetero) is 1. The third kappa shape index (κ3) is 4.93. The van der Waals surface area contributed by atoms with Gasteiger partial charge in [-0.1, -0.05) is 53.7 Å². The van der Waals surface area contributed by atoms with Crippen LogP contribution in [0.25, 0.3) is 16.9 Å². The molecule has 0 fully saturated rings. The van der Waals surface area contributed by atoms with Crippen LogP contribution < -0.4 is 0 Å². The summed E-state index contributed by atoms with van der Waals surface area (Å²) in [7, 11) is 1.35. The molecule has 7 heteroatoms. The van der Waals surface area contributed by atoms with Crippen LogP contribution in [0.2, 0.25) is 5.02 Å². The molecule has 0 aliphatic heterocycles. The lowest BCUT2D eigenvalue weighted by molar-refractivity contribution is 0.0600. The number of hydrogen-bond acceptors (Lipinski definition) is 5. The van der Waals surface area contributed by atoms with Crippen molar-refractivity contribution in [3.63, 3.8) is 0 Å². The number of imidazole rings is 1. The van der Waals surface area contributed by atoms with Crippen LogP contribution in [-0.2, 0) is 4.74 Å². The summed E-state index contributed by atoms with van der Waals surface area (Å²) < 4.78 is 6.69. The van der Waals surface area contributed by atoms with Gasteiger partial charge in [0.05, 0.1) is 24.1 Å². The molecule has 0 N–H and O–H groups in total. The quantitative estimate of drug-likeness (QED) is 0.193. The molecule has 0 spiro atoms. The summed E-state index contributed by atoms with van der Waals surface area (Å²) in [5, 5.41) is 1.27. The van der Waals surface area contributed by atoms with Crippen molar-refractivity contribution in [3.05, 3.63) is 101 Å². The lowest BCUT2D eigenvalue weighted by Gasteiger charge is -2.08. The summed E-state index contributed by atoms with van der Waals surface area (Å²) in [6, 6.07) is 23.7. The van der Waals surface area contributed by atoms with Crippen LogP contribution in [-0.4, -0.2) is 34.2 Å². The van der Waals surface area contributed by atoms with Crippen LogP contribution in [0, 0.1) is 0 Å². The Kier molecular flexibility index (Phi) is 6.73. The smallest absolute Gasteiger partial charge is 0.337 e. The second-order valence-corrected chi connectivity index (χ2v) is 8.28. The van der Waals surface area contributed by atoms with Crippen molar-refractivity contribution in [1.29, 1.82) is 0 Å². The number of nitrogens with zero attached hydrogens (tertiary/aromatic N) is 2. The Labute approximate surface area is 195 Å². The van der Waals surface area contributed by atoms with Crippen LogP contribution in [0.3, 0.4) is 0 Å². The van der Waals surface area contributed by atoms with Crippen molar-refractivity contribution in [2.75, 3.05) is 12.9 Å². The molecule has 0 bridgehead atoms. The Hall–Kier alpha value is -3.35. The molecule has 0 aliphatic rings. The number of ketones is 1. The number of methoxy groups -OCH3 is 1. The summed E-state index contributed by atoms with van der Waals surface area (Å²) in [5.74, 6) is -0.175. The first kappa shape index (κ1) is 21.9. The number of hydrogen-bond donors (Lipinski definition) is 0. The number of aromatic nitrogens is 2. The summed E-state index contributed by atoms with van der Waals surface area (Å²) in [6.07, 6.45) is 1.93. The first-order valence-electron chi connectivity index (χ1n) is 9.80. The first-order valence-corrected chi connectivity index (χ1v) is 11.2. The maximum atomic E-state index is 12.7. The molecule has 32 heavy (non-hydrogen) atoms. The molecule has 4 rings (SSSR count). The second kappa shape index (κ2) is 9.85. The van der Waals surface area contributed by atoms with Crippen LogP contribution in [0.4, 0.5) is 0 Å². The average Bonchev–Trinajstić information content (AvgIpc) is 3.27. The Bertz CT molecular complexity index is 1240. The zero-order valence-corrected chi connectivity index (χ0v) is 18.8. The Balaban J connectivity index is 1.64. The predicted octanol–water partition coefficient (Wildman–Crippen LogP) is 5.95. The standard InChI is InChI=1S/C25H19ClN2O3S/c1-31-24(30)19-9-13-21(14-10-19)28-15-22(17-5-3-2-4-6-17)27-25(28)32-16-23(29)18-7-11-20(26)12-8-18/h2-15H,16H2,1H3. The summed E-state index contributed by atoms with van der Waals surface area (Å²) in [4.78, 5) is 29.2. The molecule has 1 aromatic heterocycles. The zero-order chi connectivity index (χ0) is 22.5. The highest BCUT2D eigenvalue weighted by atomic mass is 35.5. The van der Waals surface area contributed by atoms with Gasteiger partial charge >= 0.3 is 5.97 Å². The molecule has 0 radical (unpaired) electrons. The van der Waals surface area contributed by atoms with E-state index in [1.807, 2.05) is 53.2 Å². The van der Waals surface area contributed by atoms with E-state index in [2.05, 4.69) is 0 Å². The van der Waals surface area contributed by atoms with Gasteiger partial charge in [0, 0.05) is 28.0 Å². The average molecular weight is 463 g/mol. The van der Waals surface area contributed by atoms with Gasteiger partial charge < -0.3 is 4.74 Å². The second-order valence-electron chi connectivity index (χ2n) is 6.90. The van der Waals surface area contributed by atoms with E-state index >= 15 is 0 Å². The third-order valence-electron chi connectivity index (χ3n) is 4.81. The van der Waals surface area contributed by atoms with Gasteiger partial charge in [-0.2, -0.15) is 0 Å². The van der Waals surface area contributed by atoms with Crippen molar-refractivity contribution in [3.8, 4) is 16.9 Å². The predicted molar refractivity (Wildman–Crippen MR) is 127 cm³/mol. The van der Waals surface area contributed by atoms with Gasteiger partial charge in [0.1, 0.15) is 0 Å². The van der Waals surface area contributed by atoms with E-state index in [0.29, 0.717) is 21.3 Å². The molecular weight excluding hydrogens is 444 g/mol. The van der Waals surface area contributed by atoms with Crippen LogP contribution in [0.15, 0.2) is 90.2 Å². The third-order valence-corrected chi connectivity index (χ3v) is 6.01. The number of esters is 1. The highest BCUT2D eigenvalue weighted by Gasteiger charge is 2.15. The van der Waals surface area contributed by atoms with E-state index in [1.165, 1.54) is 18.9 Å². The first-order chi connectivity index (χ1) is 15.5. The van der Waals surface area contributed by atoms with Gasteiger partial charge in [0.25, 0.3) is 0 Å². The van der Waals surface area contributed by atoms with Gasteiger partial charge in [-0.15, -0.1) is 0 Å². The number of rotatable bonds is 7. The van der Waals surface area contributed by atoms with E-state index in [1.54, 1.807) is 36.4 Å². The van der Waals surface area contributed by atoms with Crippen LogP contribution >= 0.6 is 23.4 Å². The minimum atomic E-state index is -0.393. The van der Waals surface area contributed by atoms with Gasteiger partial charge in [-0.3, -0.25) is 9.36 Å². The molecule has 0 aliphatic carbocycles. The number of benzene rings is 3. The Morgan fingerprint density at radius 3 is 2.25 bits per heavy atom. The minimum Gasteiger partial charge on any atom is -0.465 e. The molecular formula is C25H19ClN2O3S. The SMILES string of the molecule is COC(=O)c1ccc(-n2cc(-c3ccccc3)nc2SCC(=O)c2ccc(Cl)cc2)cc1. The number of halogens is 1. The van der Waals surface area contributed by atoms with Crippen LogP contribution in [0.5, 0.6) is 0 Å². The molecule has 1 heterocycles. The van der Waals surface area contributed by atoms with Gasteiger partial charge in [-0.25, -0.2) is 9.78 Å². The number of carbonyl (C=O) groups is 2. The van der Waals surface area contributed by atoms with Crippen molar-refractivity contribution < 1.29 is 14.3 Å². The maximum Gasteiger partial charge on any atom is 0.337 e. The highest BCUT2D eigenvalue weighted by Crippen LogP contribution is 2.28. The normalized spacial score (nSPS) is 10.7. The van der Waals surface area contributed by atoms with E-state index in [0.717, 1.165) is 16.9 Å². The van der Waals surface area contributed by atoms with Crippen molar-refractivity contribution in [1.82, 2.24) is 9.55 Å². The molecule has 0 saturated carbocycles. The van der Waals surface area contributed by atoms with Gasteiger partial charge in [-0.05, 0) is 48.5 Å². The summed E-state index contributed by atoms with van der Waals surface area (Å²) in [5.41, 5.74) is 3.67. The number of thioether (sulfide) groups is 1. The van der Waals surface area contributed by atoms with E-state index in [4.69, 9.17) is 21.3 Å². The molecule has 0 atom stereocenters. The van der Waals surface area contributed by atoms with E-state index in [-0.39, 0.29) is 11.5 Å². The maximum absolute atomic E-state index is 12.7. The van der Waals surface area contributed by atoms with Gasteiger partial charge in [0.15, 0.2) is 10.9 Å². The molecule has 3 aromatic carbocycles. The fourth-order valence-electron chi connectivity index (χ4n) is 3.12. The zero-order valence-electron chi connectivity index (χ0n) is 17.2. The van der Waals surface area contributed by atoms with Gasteiger partial charge in [0.2, 0.25) is 0 Å². The number of ether oxygens (including phenoxy) is 1. The molecule has 0 amide bonds. The van der Waals surface area contributed by atoms with E-state index < -0.39 is 5.97 Å². The largest absolute Gasteiger partial charge is 0.465 e. The lowest BCUT2D eigenvalue weighted by Crippen LogP contribution is -2.04. The fourth-order valence-corrected chi connectivity index (χ4v) is 4.14. The molecule has 160 valence electrons. The summed E-state index contributed by atoms with van der Waals surface area (Å²) in [6.45, 7) is 0. The molecule has 5 nitrogen and oxygen atoms in total. The molecule has 4 aromatic rings. The van der Waals surface area contributed by atoms with Crippen molar-refractivity contribution >= 4 is 35.1 Å². The molecule has 0 unspecified atom stereocenters. The fraction of sp³-hybridized carbons (Fsp3) is 0.0800. The van der Waals surface area contributed by atoms with Crippen molar-refractivity contribution in [2.24, 2.45) is 0 Å². The van der Waals surface area contributed by atoms with Crippen molar-refractivity contribution in [2.45, 2.75) is 5.16 Å². The van der Waals surface area contributed by atoms with Crippen LogP contribution in [0.1, 0.15) is 20.7 Å².